The Morgan fingerprint density at radius 2 is 1.88 bits per heavy atom. The second-order valence-corrected chi connectivity index (χ2v) is 8.72. The first-order chi connectivity index (χ1) is 16.1. The van der Waals surface area contributed by atoms with Gasteiger partial charge in [-0.2, -0.15) is 5.26 Å². The van der Waals surface area contributed by atoms with Gasteiger partial charge in [0.25, 0.3) is 0 Å². The minimum atomic E-state index is -0.784. The molecule has 0 spiro atoms. The van der Waals surface area contributed by atoms with Gasteiger partial charge in [-0.05, 0) is 44.4 Å². The molecule has 0 aliphatic heterocycles. The fourth-order valence-electron chi connectivity index (χ4n) is 3.09. The van der Waals surface area contributed by atoms with E-state index in [2.05, 4.69) is 26.7 Å². The van der Waals surface area contributed by atoms with E-state index in [-0.39, 0.29) is 23.1 Å². The summed E-state index contributed by atoms with van der Waals surface area (Å²) in [7, 11) is 0. The van der Waals surface area contributed by atoms with Gasteiger partial charge in [-0.3, -0.25) is 0 Å². The third kappa shape index (κ3) is 6.48. The molecule has 0 bridgehead atoms. The molecular weight excluding hydrogens is 440 g/mol. The van der Waals surface area contributed by atoms with E-state index in [0.29, 0.717) is 17.8 Å². The summed E-state index contributed by atoms with van der Waals surface area (Å²) in [6.45, 7) is 7.76. The van der Waals surface area contributed by atoms with Gasteiger partial charge in [0.15, 0.2) is 0 Å². The second-order valence-electron chi connectivity index (χ2n) is 8.72. The van der Waals surface area contributed by atoms with E-state index in [4.69, 9.17) is 4.74 Å². The highest BCUT2D eigenvalue weighted by molar-refractivity contribution is 5.69. The lowest BCUT2D eigenvalue weighted by Gasteiger charge is -2.21. The summed E-state index contributed by atoms with van der Waals surface area (Å²) < 4.78 is 32.4. The maximum atomic E-state index is 14.0. The highest BCUT2D eigenvalue weighted by Crippen LogP contribution is 2.26. The first kappa shape index (κ1) is 24.6. The zero-order chi connectivity index (χ0) is 24.9. The lowest BCUT2D eigenvalue weighted by Crippen LogP contribution is -2.34. The number of aromatic nitrogens is 2. The van der Waals surface area contributed by atoms with Gasteiger partial charge in [-0.15, -0.1) is 0 Å². The van der Waals surface area contributed by atoms with Crippen LogP contribution in [0.1, 0.15) is 44.7 Å². The second kappa shape index (κ2) is 10.3. The number of benzene rings is 2. The minimum Gasteiger partial charge on any atom is -0.444 e. The largest absolute Gasteiger partial charge is 0.444 e. The van der Waals surface area contributed by atoms with Crippen molar-refractivity contribution >= 4 is 17.7 Å². The molecule has 1 atom stereocenters. The number of anilines is 2. The highest BCUT2D eigenvalue weighted by Gasteiger charge is 2.17. The summed E-state index contributed by atoms with van der Waals surface area (Å²) in [6.07, 6.45) is 0.862. The standard InChI is InChI=1S/C25H25F2N5O2/c1-15(13-30-24(33)34-25(2,3)4)16-5-7-17(8-6-16)22-18(12-28)14-29-23(32-22)31-21-10-9-19(26)11-20(21)27/h5-11,14-15H,13H2,1-4H3,(H,30,33)(H,29,31,32). The van der Waals surface area contributed by atoms with Gasteiger partial charge in [-0.1, -0.05) is 31.2 Å². The van der Waals surface area contributed by atoms with Gasteiger partial charge in [0.05, 0.1) is 23.1 Å². The van der Waals surface area contributed by atoms with Crippen LogP contribution in [0.4, 0.5) is 25.2 Å². The van der Waals surface area contributed by atoms with Gasteiger partial charge >= 0.3 is 6.09 Å². The van der Waals surface area contributed by atoms with Gasteiger partial charge < -0.3 is 15.4 Å². The molecule has 2 N–H and O–H groups in total. The van der Waals surface area contributed by atoms with Crippen molar-refractivity contribution in [2.24, 2.45) is 0 Å². The monoisotopic (exact) mass is 465 g/mol. The summed E-state index contributed by atoms with van der Waals surface area (Å²) in [5, 5.41) is 14.9. The number of amides is 1. The maximum Gasteiger partial charge on any atom is 0.407 e. The topological polar surface area (TPSA) is 99.9 Å². The third-order valence-electron chi connectivity index (χ3n) is 4.79. The molecule has 1 aromatic heterocycles. The van der Waals surface area contributed by atoms with Gasteiger partial charge in [0.1, 0.15) is 23.3 Å². The van der Waals surface area contributed by atoms with Crippen LogP contribution in [0.3, 0.4) is 0 Å². The summed E-state index contributed by atoms with van der Waals surface area (Å²) in [5.74, 6) is -1.40. The molecule has 0 fully saturated rings. The number of nitrogens with one attached hydrogen (secondary N) is 2. The highest BCUT2D eigenvalue weighted by atomic mass is 19.1. The third-order valence-corrected chi connectivity index (χ3v) is 4.79. The van der Waals surface area contributed by atoms with Crippen LogP contribution in [-0.2, 0) is 4.74 Å². The van der Waals surface area contributed by atoms with E-state index in [9.17, 15) is 18.8 Å². The van der Waals surface area contributed by atoms with E-state index in [1.165, 1.54) is 12.3 Å². The Balaban J connectivity index is 1.75. The first-order valence-electron chi connectivity index (χ1n) is 10.6. The Bertz CT molecular complexity index is 1220. The molecule has 3 rings (SSSR count). The van der Waals surface area contributed by atoms with Crippen molar-refractivity contribution in [2.45, 2.75) is 39.2 Å². The fourth-order valence-corrected chi connectivity index (χ4v) is 3.09. The number of hydrogen-bond donors (Lipinski definition) is 2. The van der Waals surface area contributed by atoms with Crippen molar-refractivity contribution in [3.63, 3.8) is 0 Å². The molecule has 7 nitrogen and oxygen atoms in total. The number of carbonyl (C=O) groups is 1. The first-order valence-corrected chi connectivity index (χ1v) is 10.6. The lowest BCUT2D eigenvalue weighted by atomic mass is 9.98. The molecule has 0 saturated heterocycles. The lowest BCUT2D eigenvalue weighted by molar-refractivity contribution is 0.0525. The van der Waals surface area contributed by atoms with E-state index < -0.39 is 23.3 Å². The van der Waals surface area contributed by atoms with Crippen LogP contribution in [0, 0.1) is 23.0 Å². The van der Waals surface area contributed by atoms with Crippen LogP contribution in [0.25, 0.3) is 11.3 Å². The summed E-state index contributed by atoms with van der Waals surface area (Å²) >= 11 is 0. The van der Waals surface area contributed by atoms with Crippen molar-refractivity contribution in [3.8, 4) is 17.3 Å². The molecule has 0 saturated carbocycles. The number of carbonyl (C=O) groups excluding carboxylic acids is 1. The van der Waals surface area contributed by atoms with Gasteiger partial charge in [0, 0.05) is 18.2 Å². The van der Waals surface area contributed by atoms with Crippen molar-refractivity contribution in [1.29, 1.82) is 5.26 Å². The summed E-state index contributed by atoms with van der Waals surface area (Å²) in [4.78, 5) is 20.3. The average molecular weight is 466 g/mol. The minimum absolute atomic E-state index is 0.0127. The van der Waals surface area contributed by atoms with Crippen LogP contribution in [0.2, 0.25) is 0 Å². The Morgan fingerprint density at radius 3 is 2.50 bits per heavy atom. The molecule has 3 aromatic rings. The number of ether oxygens (including phenoxy) is 1. The SMILES string of the molecule is CC(CNC(=O)OC(C)(C)C)c1ccc(-c2nc(Nc3ccc(F)cc3F)ncc2C#N)cc1. The van der Waals surface area contributed by atoms with E-state index in [1.54, 1.807) is 20.8 Å². The molecule has 176 valence electrons. The molecular formula is C25H25F2N5O2. The number of nitrogens with zero attached hydrogens (tertiary/aromatic N) is 3. The number of alkyl carbamates (subject to hydrolysis) is 1. The average Bonchev–Trinajstić information content (AvgIpc) is 2.78. The van der Waals surface area contributed by atoms with Crippen molar-refractivity contribution in [2.75, 3.05) is 11.9 Å². The normalized spacial score (nSPS) is 11.9. The van der Waals surface area contributed by atoms with Gasteiger partial charge in [0.2, 0.25) is 5.95 Å². The smallest absolute Gasteiger partial charge is 0.407 e. The number of nitriles is 1. The zero-order valence-electron chi connectivity index (χ0n) is 19.3. The Kier molecular flexibility index (Phi) is 7.41. The van der Waals surface area contributed by atoms with Crippen LogP contribution >= 0.6 is 0 Å². The number of hydrogen-bond acceptors (Lipinski definition) is 6. The van der Waals surface area contributed by atoms with Crippen LogP contribution < -0.4 is 10.6 Å². The molecule has 34 heavy (non-hydrogen) atoms. The van der Waals surface area contributed by atoms with Gasteiger partial charge in [-0.25, -0.2) is 23.5 Å². The predicted octanol–water partition coefficient (Wildman–Crippen LogP) is 5.67. The zero-order valence-corrected chi connectivity index (χ0v) is 19.3. The molecule has 0 aliphatic rings. The Morgan fingerprint density at radius 1 is 1.18 bits per heavy atom. The quantitative estimate of drug-likeness (QED) is 0.487. The number of halogens is 2. The predicted molar refractivity (Wildman–Crippen MR) is 124 cm³/mol. The molecule has 0 aliphatic carbocycles. The molecule has 2 aromatic carbocycles. The molecule has 9 heteroatoms. The Labute approximate surface area is 196 Å². The van der Waals surface area contributed by atoms with Crippen molar-refractivity contribution in [3.05, 3.63) is 71.4 Å². The molecule has 1 heterocycles. The maximum absolute atomic E-state index is 14.0. The van der Waals surface area contributed by atoms with Crippen molar-refractivity contribution < 1.29 is 18.3 Å². The molecule has 1 amide bonds. The van der Waals surface area contributed by atoms with Crippen LogP contribution in [-0.4, -0.2) is 28.2 Å². The summed E-state index contributed by atoms with van der Waals surface area (Å²) in [5.41, 5.74) is 1.70. The van der Waals surface area contributed by atoms with E-state index in [0.717, 1.165) is 17.7 Å². The Hall–Kier alpha value is -4.06. The van der Waals surface area contributed by atoms with Crippen LogP contribution in [0.5, 0.6) is 0 Å². The van der Waals surface area contributed by atoms with E-state index in [1.807, 2.05) is 31.2 Å². The number of rotatable bonds is 6. The van der Waals surface area contributed by atoms with Crippen molar-refractivity contribution in [1.82, 2.24) is 15.3 Å². The molecule has 1 unspecified atom stereocenters. The van der Waals surface area contributed by atoms with Crippen LogP contribution in [0.15, 0.2) is 48.7 Å². The summed E-state index contributed by atoms with van der Waals surface area (Å²) in [6, 6.07) is 12.6. The van der Waals surface area contributed by atoms with E-state index >= 15 is 0 Å². The fraction of sp³-hybridized carbons (Fsp3) is 0.280. The molecule has 0 radical (unpaired) electrons.